The average Bonchev–Trinajstić information content (AvgIpc) is 2.42. The summed E-state index contributed by atoms with van der Waals surface area (Å²) in [6, 6.07) is 0. The van der Waals surface area contributed by atoms with Crippen molar-refractivity contribution in [3.05, 3.63) is 0 Å². The molecule has 0 spiro atoms. The number of carbonyl (C=O) groups excluding carboxylic acids is 1. The summed E-state index contributed by atoms with van der Waals surface area (Å²) in [6.07, 6.45) is 4.25. The van der Waals surface area contributed by atoms with Crippen LogP contribution in [0.25, 0.3) is 0 Å². The van der Waals surface area contributed by atoms with Gasteiger partial charge in [-0.25, -0.2) is 0 Å². The predicted molar refractivity (Wildman–Crippen MR) is 79.7 cm³/mol. The van der Waals surface area contributed by atoms with Crippen LogP contribution in [0.15, 0.2) is 0 Å². The molecule has 116 valence electrons. The third-order valence-corrected chi connectivity index (χ3v) is 4.25. The maximum atomic E-state index is 11.8. The molecule has 5 heteroatoms. The molecule has 1 saturated carbocycles. The van der Waals surface area contributed by atoms with Gasteiger partial charge < -0.3 is 20.3 Å². The molecule has 0 radical (unpaired) electrons. The Morgan fingerprint density at radius 3 is 2.80 bits per heavy atom. The standard InChI is InChI=1S/C15H29N3O2/c1-2-20-14-10-13(11-14)12-15(19)17-4-3-7-18-8-5-16-6-9-18/h13-14,16H,2-12H2,1H3,(H,17,19). The molecule has 5 nitrogen and oxygen atoms in total. The molecule has 0 atom stereocenters. The van der Waals surface area contributed by atoms with Crippen molar-refractivity contribution in [1.82, 2.24) is 15.5 Å². The number of nitrogens with one attached hydrogen (secondary N) is 2. The van der Waals surface area contributed by atoms with Crippen LogP contribution in [0, 0.1) is 5.92 Å². The van der Waals surface area contributed by atoms with Crippen molar-refractivity contribution >= 4 is 5.91 Å². The van der Waals surface area contributed by atoms with Crippen molar-refractivity contribution in [2.45, 2.75) is 38.7 Å². The topological polar surface area (TPSA) is 53.6 Å². The lowest BCUT2D eigenvalue weighted by Gasteiger charge is -2.34. The molecule has 1 amide bonds. The lowest BCUT2D eigenvalue weighted by Crippen LogP contribution is -2.44. The van der Waals surface area contributed by atoms with Crippen molar-refractivity contribution in [3.63, 3.8) is 0 Å². The molecule has 2 rings (SSSR count). The number of carbonyl (C=O) groups is 1. The largest absolute Gasteiger partial charge is 0.378 e. The Balaban J connectivity index is 1.44. The van der Waals surface area contributed by atoms with E-state index in [0.29, 0.717) is 18.4 Å². The number of piperazine rings is 1. The van der Waals surface area contributed by atoms with Crippen molar-refractivity contribution < 1.29 is 9.53 Å². The highest BCUT2D eigenvalue weighted by Gasteiger charge is 2.30. The molecule has 0 aromatic carbocycles. The number of nitrogens with zero attached hydrogens (tertiary/aromatic N) is 1. The zero-order chi connectivity index (χ0) is 14.2. The first-order chi connectivity index (χ1) is 9.78. The second-order valence-corrected chi connectivity index (χ2v) is 5.91. The quantitative estimate of drug-likeness (QED) is 0.641. The first kappa shape index (κ1) is 15.7. The average molecular weight is 283 g/mol. The third kappa shape index (κ3) is 5.38. The third-order valence-electron chi connectivity index (χ3n) is 4.25. The summed E-state index contributed by atoms with van der Waals surface area (Å²) in [7, 11) is 0. The zero-order valence-electron chi connectivity index (χ0n) is 12.7. The van der Waals surface area contributed by atoms with Crippen LogP contribution in [0.4, 0.5) is 0 Å². The van der Waals surface area contributed by atoms with E-state index in [0.717, 1.165) is 65.1 Å². The van der Waals surface area contributed by atoms with E-state index in [1.54, 1.807) is 0 Å². The molecule has 2 N–H and O–H groups in total. The second-order valence-electron chi connectivity index (χ2n) is 5.91. The number of hydrogen-bond donors (Lipinski definition) is 2. The SMILES string of the molecule is CCOC1CC(CC(=O)NCCCN2CCNCC2)C1. The molecule has 2 fully saturated rings. The summed E-state index contributed by atoms with van der Waals surface area (Å²) < 4.78 is 5.51. The predicted octanol–water partition coefficient (Wildman–Crippen LogP) is 0.603. The lowest BCUT2D eigenvalue weighted by atomic mass is 9.80. The number of rotatable bonds is 8. The first-order valence-electron chi connectivity index (χ1n) is 8.09. The Labute approximate surface area is 122 Å². The van der Waals surface area contributed by atoms with Gasteiger partial charge in [0.05, 0.1) is 6.10 Å². The minimum atomic E-state index is 0.213. The Hall–Kier alpha value is -0.650. The molecule has 20 heavy (non-hydrogen) atoms. The van der Waals surface area contributed by atoms with E-state index in [-0.39, 0.29) is 5.91 Å². The summed E-state index contributed by atoms with van der Waals surface area (Å²) in [5, 5.41) is 6.39. The van der Waals surface area contributed by atoms with Crippen molar-refractivity contribution in [2.75, 3.05) is 45.9 Å². The van der Waals surface area contributed by atoms with Gasteiger partial charge in [-0.15, -0.1) is 0 Å². The Bertz CT molecular complexity index is 287. The van der Waals surface area contributed by atoms with Crippen LogP contribution in [-0.4, -0.2) is 62.8 Å². The summed E-state index contributed by atoms with van der Waals surface area (Å²) in [6.45, 7) is 9.17. The molecule has 1 aliphatic heterocycles. The maximum absolute atomic E-state index is 11.8. The van der Waals surface area contributed by atoms with Gasteiger partial charge in [0.15, 0.2) is 0 Å². The van der Waals surface area contributed by atoms with Gasteiger partial charge in [-0.2, -0.15) is 0 Å². The van der Waals surface area contributed by atoms with Crippen LogP contribution >= 0.6 is 0 Å². The number of hydrogen-bond acceptors (Lipinski definition) is 4. The smallest absolute Gasteiger partial charge is 0.220 e. The molecule has 2 aliphatic rings. The molecule has 1 saturated heterocycles. The highest BCUT2D eigenvalue weighted by molar-refractivity contribution is 5.76. The van der Waals surface area contributed by atoms with Crippen LogP contribution in [-0.2, 0) is 9.53 Å². The molecule has 0 aromatic heterocycles. The monoisotopic (exact) mass is 283 g/mol. The van der Waals surface area contributed by atoms with Gasteiger partial charge in [-0.1, -0.05) is 0 Å². The summed E-state index contributed by atoms with van der Waals surface area (Å²) in [4.78, 5) is 14.2. The van der Waals surface area contributed by atoms with Crippen molar-refractivity contribution in [2.24, 2.45) is 5.92 Å². The van der Waals surface area contributed by atoms with Gasteiger partial charge in [0.25, 0.3) is 0 Å². The Morgan fingerprint density at radius 1 is 1.35 bits per heavy atom. The summed E-state index contributed by atoms with van der Waals surface area (Å²) >= 11 is 0. The second kappa shape index (κ2) is 8.60. The molecule has 0 aromatic rings. The molecule has 0 bridgehead atoms. The van der Waals surface area contributed by atoms with Gasteiger partial charge in [-0.05, 0) is 38.6 Å². The highest BCUT2D eigenvalue weighted by atomic mass is 16.5. The molecule has 1 aliphatic carbocycles. The van der Waals surface area contributed by atoms with Crippen molar-refractivity contribution in [1.29, 1.82) is 0 Å². The zero-order valence-corrected chi connectivity index (χ0v) is 12.7. The fraction of sp³-hybridized carbons (Fsp3) is 0.933. The van der Waals surface area contributed by atoms with E-state index < -0.39 is 0 Å². The lowest BCUT2D eigenvalue weighted by molar-refractivity contribution is -0.124. The Morgan fingerprint density at radius 2 is 2.10 bits per heavy atom. The number of ether oxygens (including phenoxy) is 1. The summed E-state index contributed by atoms with van der Waals surface area (Å²) in [5.74, 6) is 0.755. The normalized spacial score (nSPS) is 27.1. The Kier molecular flexibility index (Phi) is 6.76. The minimum Gasteiger partial charge on any atom is -0.378 e. The van der Waals surface area contributed by atoms with Gasteiger partial charge in [0, 0.05) is 45.8 Å². The van der Waals surface area contributed by atoms with Gasteiger partial charge in [0.2, 0.25) is 5.91 Å². The van der Waals surface area contributed by atoms with E-state index in [9.17, 15) is 4.79 Å². The first-order valence-corrected chi connectivity index (χ1v) is 8.09. The van der Waals surface area contributed by atoms with E-state index in [4.69, 9.17) is 4.74 Å². The van der Waals surface area contributed by atoms with Crippen LogP contribution in [0.2, 0.25) is 0 Å². The van der Waals surface area contributed by atoms with Crippen LogP contribution < -0.4 is 10.6 Å². The minimum absolute atomic E-state index is 0.213. The van der Waals surface area contributed by atoms with Crippen LogP contribution in [0.1, 0.15) is 32.6 Å². The fourth-order valence-corrected chi connectivity index (χ4v) is 3.01. The summed E-state index contributed by atoms with van der Waals surface area (Å²) in [5.41, 5.74) is 0. The molecule has 0 unspecified atom stereocenters. The molecular weight excluding hydrogens is 254 g/mol. The van der Waals surface area contributed by atoms with Gasteiger partial charge in [0.1, 0.15) is 0 Å². The highest BCUT2D eigenvalue weighted by Crippen LogP contribution is 2.32. The maximum Gasteiger partial charge on any atom is 0.220 e. The van der Waals surface area contributed by atoms with Gasteiger partial charge in [-0.3, -0.25) is 4.79 Å². The molecular formula is C15H29N3O2. The number of amides is 1. The van der Waals surface area contributed by atoms with E-state index in [1.807, 2.05) is 6.92 Å². The van der Waals surface area contributed by atoms with Gasteiger partial charge >= 0.3 is 0 Å². The van der Waals surface area contributed by atoms with Crippen LogP contribution in [0.3, 0.4) is 0 Å². The van der Waals surface area contributed by atoms with E-state index in [1.165, 1.54) is 0 Å². The molecule has 1 heterocycles. The fourth-order valence-electron chi connectivity index (χ4n) is 3.01. The van der Waals surface area contributed by atoms with E-state index >= 15 is 0 Å². The van der Waals surface area contributed by atoms with Crippen LogP contribution in [0.5, 0.6) is 0 Å². The van der Waals surface area contributed by atoms with Crippen molar-refractivity contribution in [3.8, 4) is 0 Å². The van der Waals surface area contributed by atoms with E-state index in [2.05, 4.69) is 15.5 Å².